The molecule has 13 heteroatoms. The number of amides is 4. The Hall–Kier alpha value is -4.65. The quantitative estimate of drug-likeness (QED) is 0.160. The van der Waals surface area contributed by atoms with Gasteiger partial charge in [0.15, 0.2) is 5.82 Å². The van der Waals surface area contributed by atoms with E-state index in [4.69, 9.17) is 5.73 Å². The van der Waals surface area contributed by atoms with Crippen molar-refractivity contribution >= 4 is 29.3 Å². The number of H-pyrrole nitrogens is 1. The van der Waals surface area contributed by atoms with E-state index in [0.29, 0.717) is 50.2 Å². The fourth-order valence-electron chi connectivity index (χ4n) is 5.30. The second-order valence-electron chi connectivity index (χ2n) is 11.0. The van der Waals surface area contributed by atoms with E-state index in [1.54, 1.807) is 6.07 Å². The van der Waals surface area contributed by atoms with Crippen LogP contribution in [0.4, 0.5) is 5.69 Å². The summed E-state index contributed by atoms with van der Waals surface area (Å²) >= 11 is 0. The molecule has 0 aliphatic carbocycles. The van der Waals surface area contributed by atoms with Crippen LogP contribution in [0.2, 0.25) is 0 Å². The number of unbranched alkanes of at least 4 members (excludes halogenated alkanes) is 1. The SMILES string of the molecule is CC[C@H](C)[C@H](NC(=O)Cc1ccccc1)C(=O)N[C@@H](CCCCN)C(=O)N1c2ccccc2C[C@H]1C(=O)NCc1nn[nH]n1. The van der Waals surface area contributed by atoms with Crippen LogP contribution in [-0.2, 0) is 38.6 Å². The van der Waals surface area contributed by atoms with Crippen LogP contribution in [0.25, 0.3) is 0 Å². The summed E-state index contributed by atoms with van der Waals surface area (Å²) < 4.78 is 0. The summed E-state index contributed by atoms with van der Waals surface area (Å²) in [6, 6.07) is 14.0. The molecule has 1 aliphatic rings. The third-order valence-corrected chi connectivity index (χ3v) is 7.91. The fraction of sp³-hybridized carbons (Fsp3) is 0.452. The van der Waals surface area contributed by atoms with Gasteiger partial charge in [-0.05, 0) is 48.9 Å². The Morgan fingerprint density at radius 3 is 2.50 bits per heavy atom. The highest BCUT2D eigenvalue weighted by atomic mass is 16.2. The Bertz CT molecular complexity index is 1400. The lowest BCUT2D eigenvalue weighted by atomic mass is 9.97. The molecular weight excluding hydrogens is 562 g/mol. The van der Waals surface area contributed by atoms with Crippen molar-refractivity contribution in [2.75, 3.05) is 11.4 Å². The van der Waals surface area contributed by atoms with Gasteiger partial charge in [-0.15, -0.1) is 10.2 Å². The Morgan fingerprint density at radius 1 is 1.05 bits per heavy atom. The lowest BCUT2D eigenvalue weighted by Crippen LogP contribution is -2.58. The van der Waals surface area contributed by atoms with Gasteiger partial charge in [-0.3, -0.25) is 24.1 Å². The zero-order valence-electron chi connectivity index (χ0n) is 25.2. The van der Waals surface area contributed by atoms with E-state index >= 15 is 0 Å². The van der Waals surface area contributed by atoms with Crippen LogP contribution in [0, 0.1) is 5.92 Å². The van der Waals surface area contributed by atoms with Crippen LogP contribution in [0.15, 0.2) is 54.6 Å². The standard InChI is InChI=1S/C31H41N9O4/c1-3-20(2)28(35-27(41)17-21-11-5-4-6-12-21)30(43)34-23(14-9-10-16-32)31(44)40-24-15-8-7-13-22(24)18-25(40)29(42)33-19-26-36-38-39-37-26/h4-8,11-13,15,20,23,25,28H,3,9-10,14,16-19,32H2,1-2H3,(H,33,42)(H,34,43)(H,35,41)(H,36,37,38,39)/t20-,23-,25-,28-/m0/s1. The Balaban J connectivity index is 1.54. The molecule has 4 rings (SSSR count). The molecule has 0 radical (unpaired) electrons. The summed E-state index contributed by atoms with van der Waals surface area (Å²) in [5, 5.41) is 22.2. The molecule has 0 saturated heterocycles. The number of benzene rings is 2. The average Bonchev–Trinajstić information content (AvgIpc) is 3.70. The Kier molecular flexibility index (Phi) is 11.5. The number of nitrogens with one attached hydrogen (secondary N) is 4. The summed E-state index contributed by atoms with van der Waals surface area (Å²) in [6.45, 7) is 4.31. The number of carbonyl (C=O) groups excluding carboxylic acids is 4. The maximum atomic E-state index is 14.3. The molecule has 13 nitrogen and oxygen atoms in total. The van der Waals surface area contributed by atoms with Gasteiger partial charge in [-0.1, -0.05) is 74.0 Å². The van der Waals surface area contributed by atoms with Crippen molar-refractivity contribution in [1.29, 1.82) is 0 Å². The number of fused-ring (bicyclic) bond motifs is 1. The molecule has 1 aromatic heterocycles. The lowest BCUT2D eigenvalue weighted by Gasteiger charge is -2.31. The minimum Gasteiger partial charge on any atom is -0.347 e. The maximum absolute atomic E-state index is 14.3. The van der Waals surface area contributed by atoms with Gasteiger partial charge in [-0.25, -0.2) is 0 Å². The van der Waals surface area contributed by atoms with Crippen molar-refractivity contribution < 1.29 is 19.2 Å². The number of hydrogen-bond acceptors (Lipinski definition) is 8. The van der Waals surface area contributed by atoms with Crippen LogP contribution in [0.5, 0.6) is 0 Å². The van der Waals surface area contributed by atoms with Crippen molar-refractivity contribution in [2.24, 2.45) is 11.7 Å². The van der Waals surface area contributed by atoms with E-state index in [1.165, 1.54) is 4.90 Å². The first-order valence-electron chi connectivity index (χ1n) is 15.1. The van der Waals surface area contributed by atoms with Crippen molar-refractivity contribution in [3.05, 3.63) is 71.5 Å². The highest BCUT2D eigenvalue weighted by Gasteiger charge is 2.41. The summed E-state index contributed by atoms with van der Waals surface area (Å²) in [7, 11) is 0. The van der Waals surface area contributed by atoms with Gasteiger partial charge in [0.25, 0.3) is 0 Å². The molecule has 234 valence electrons. The van der Waals surface area contributed by atoms with E-state index in [2.05, 4.69) is 36.6 Å². The molecule has 4 atom stereocenters. The molecule has 3 aromatic rings. The predicted octanol–water partition coefficient (Wildman–Crippen LogP) is 1.16. The van der Waals surface area contributed by atoms with Gasteiger partial charge in [0, 0.05) is 12.1 Å². The van der Waals surface area contributed by atoms with Gasteiger partial charge in [-0.2, -0.15) is 5.21 Å². The van der Waals surface area contributed by atoms with Crippen LogP contribution in [-0.4, -0.2) is 68.9 Å². The van der Waals surface area contributed by atoms with E-state index in [0.717, 1.165) is 11.1 Å². The van der Waals surface area contributed by atoms with Crippen molar-refractivity contribution in [3.8, 4) is 0 Å². The summed E-state index contributed by atoms with van der Waals surface area (Å²) in [5.74, 6) is -1.39. The van der Waals surface area contributed by atoms with E-state index < -0.39 is 29.9 Å². The Morgan fingerprint density at radius 2 is 1.80 bits per heavy atom. The second-order valence-corrected chi connectivity index (χ2v) is 11.0. The van der Waals surface area contributed by atoms with E-state index in [9.17, 15) is 19.2 Å². The zero-order chi connectivity index (χ0) is 31.5. The number of anilines is 1. The number of para-hydroxylation sites is 1. The van der Waals surface area contributed by atoms with Gasteiger partial charge in [0.05, 0.1) is 13.0 Å². The number of nitrogens with zero attached hydrogens (tertiary/aromatic N) is 4. The molecule has 0 bridgehead atoms. The smallest absolute Gasteiger partial charge is 0.250 e. The molecule has 0 unspecified atom stereocenters. The fourth-order valence-corrected chi connectivity index (χ4v) is 5.30. The minimum atomic E-state index is -0.940. The zero-order valence-corrected chi connectivity index (χ0v) is 25.2. The van der Waals surface area contributed by atoms with Crippen LogP contribution in [0.3, 0.4) is 0 Å². The number of aromatic nitrogens is 4. The number of carbonyl (C=O) groups is 4. The first kappa shape index (κ1) is 32.3. The number of rotatable bonds is 15. The summed E-state index contributed by atoms with van der Waals surface area (Å²) in [6.07, 6.45) is 2.65. The molecule has 1 aliphatic heterocycles. The molecule has 2 heterocycles. The largest absolute Gasteiger partial charge is 0.347 e. The molecule has 0 saturated carbocycles. The Labute approximate surface area is 256 Å². The maximum Gasteiger partial charge on any atom is 0.250 e. The van der Waals surface area contributed by atoms with E-state index in [-0.39, 0.29) is 30.7 Å². The topological polar surface area (TPSA) is 188 Å². The third kappa shape index (κ3) is 8.25. The molecular formula is C31H41N9O4. The average molecular weight is 604 g/mol. The molecule has 44 heavy (non-hydrogen) atoms. The highest BCUT2D eigenvalue weighted by Crippen LogP contribution is 2.33. The van der Waals surface area contributed by atoms with Crippen LogP contribution < -0.4 is 26.6 Å². The van der Waals surface area contributed by atoms with E-state index in [1.807, 2.05) is 62.4 Å². The van der Waals surface area contributed by atoms with Gasteiger partial charge < -0.3 is 21.7 Å². The predicted molar refractivity (Wildman–Crippen MR) is 164 cm³/mol. The van der Waals surface area contributed by atoms with Gasteiger partial charge in [0.1, 0.15) is 18.1 Å². The van der Waals surface area contributed by atoms with Crippen LogP contribution >= 0.6 is 0 Å². The minimum absolute atomic E-state index is 0.0418. The second kappa shape index (κ2) is 15.7. The van der Waals surface area contributed by atoms with Crippen LogP contribution in [0.1, 0.15) is 56.5 Å². The highest BCUT2D eigenvalue weighted by molar-refractivity contribution is 6.07. The van der Waals surface area contributed by atoms with Crippen molar-refractivity contribution in [1.82, 2.24) is 36.6 Å². The summed E-state index contributed by atoms with van der Waals surface area (Å²) in [5.41, 5.74) is 8.03. The molecule has 6 N–H and O–H groups in total. The number of hydrogen-bond donors (Lipinski definition) is 5. The van der Waals surface area contributed by atoms with Crippen molar-refractivity contribution in [2.45, 2.75) is 77.0 Å². The number of nitrogens with two attached hydrogens (primary N) is 1. The molecule has 4 amide bonds. The van der Waals surface area contributed by atoms with Gasteiger partial charge in [0.2, 0.25) is 23.6 Å². The molecule has 2 aromatic carbocycles. The molecule has 0 fully saturated rings. The lowest BCUT2D eigenvalue weighted by molar-refractivity contribution is -0.133. The first-order valence-corrected chi connectivity index (χ1v) is 15.1. The normalized spacial score (nSPS) is 16.0. The number of tetrazole rings is 1. The number of aromatic amines is 1. The first-order chi connectivity index (χ1) is 21.3. The van der Waals surface area contributed by atoms with Crippen molar-refractivity contribution in [3.63, 3.8) is 0 Å². The summed E-state index contributed by atoms with van der Waals surface area (Å²) in [4.78, 5) is 55.9. The van der Waals surface area contributed by atoms with Gasteiger partial charge >= 0.3 is 0 Å². The monoisotopic (exact) mass is 603 g/mol. The molecule has 0 spiro atoms. The third-order valence-electron chi connectivity index (χ3n) is 7.91.